The number of aromatic nitrogens is 4. The minimum absolute atomic E-state index is 0.138. The van der Waals surface area contributed by atoms with E-state index < -0.39 is 64.4 Å². The van der Waals surface area contributed by atoms with Gasteiger partial charge in [0.1, 0.15) is 20.0 Å². The molecule has 26 nitrogen and oxygen atoms in total. The standard InChI is InChI=1S/C8H6N14O12/c1-13(21(31)32)3-5(17(23)24)9-15(7(3)19(27)28)11-12-16-8(20(29)30)4(14(2)22(33)34)6(10-16)18(25)26/h1-2H3/b12-11+. The molecule has 0 saturated carbocycles. The summed E-state index contributed by atoms with van der Waals surface area (Å²) in [6.07, 6.45) is 0. The van der Waals surface area contributed by atoms with Crippen molar-refractivity contribution >= 4 is 34.6 Å². The van der Waals surface area contributed by atoms with Crippen molar-refractivity contribution in [3.8, 4) is 0 Å². The van der Waals surface area contributed by atoms with Crippen LogP contribution in [0, 0.1) is 60.7 Å². The summed E-state index contributed by atoms with van der Waals surface area (Å²) in [6, 6.07) is 0. The molecule has 26 heteroatoms. The Labute approximate surface area is 180 Å². The number of hydrazine groups is 2. The van der Waals surface area contributed by atoms with Gasteiger partial charge in [-0.25, -0.2) is 20.2 Å². The van der Waals surface area contributed by atoms with Gasteiger partial charge in [0, 0.05) is 0 Å². The number of nitro groups is 6. The van der Waals surface area contributed by atoms with E-state index in [4.69, 9.17) is 0 Å². The number of hydrogen-bond acceptors (Lipinski definition) is 16. The van der Waals surface area contributed by atoms with Gasteiger partial charge in [-0.2, -0.15) is 0 Å². The van der Waals surface area contributed by atoms with Crippen LogP contribution in [0.5, 0.6) is 0 Å². The van der Waals surface area contributed by atoms with Gasteiger partial charge < -0.3 is 40.5 Å². The van der Waals surface area contributed by atoms with Crippen molar-refractivity contribution < 1.29 is 29.8 Å². The smallest absolute Gasteiger partial charge is 0.358 e. The van der Waals surface area contributed by atoms with E-state index in [0.717, 1.165) is 0 Å². The second-order valence-corrected chi connectivity index (χ2v) is 5.50. The van der Waals surface area contributed by atoms with Gasteiger partial charge in [0.25, 0.3) is 0 Å². The highest BCUT2D eigenvalue weighted by Crippen LogP contribution is 2.38. The summed E-state index contributed by atoms with van der Waals surface area (Å²) in [7, 11) is 1.19. The summed E-state index contributed by atoms with van der Waals surface area (Å²) < 4.78 is 0. The molecule has 0 spiro atoms. The molecule has 0 aliphatic heterocycles. The monoisotopic (exact) mass is 490 g/mol. The molecule has 0 saturated heterocycles. The number of anilines is 2. The molecule has 0 aromatic carbocycles. The lowest BCUT2D eigenvalue weighted by Crippen LogP contribution is -2.25. The molecular formula is C8H6N14O12. The Hall–Kier alpha value is -5.98. The van der Waals surface area contributed by atoms with Crippen molar-refractivity contribution in [2.75, 3.05) is 24.1 Å². The Morgan fingerprint density at radius 2 is 0.912 bits per heavy atom. The molecule has 2 aromatic rings. The summed E-state index contributed by atoms with van der Waals surface area (Å²) in [5, 5.41) is 76.2. The first-order chi connectivity index (χ1) is 15.7. The third kappa shape index (κ3) is 4.10. The molecule has 2 heterocycles. The van der Waals surface area contributed by atoms with Crippen LogP contribution in [0.25, 0.3) is 0 Å². The van der Waals surface area contributed by atoms with Crippen LogP contribution >= 0.6 is 0 Å². The number of nitrogens with zero attached hydrogens (tertiary/aromatic N) is 14. The third-order valence-corrected chi connectivity index (χ3v) is 3.64. The minimum atomic E-state index is -1.50. The predicted molar refractivity (Wildman–Crippen MR) is 97.5 cm³/mol. The second-order valence-electron chi connectivity index (χ2n) is 5.50. The summed E-state index contributed by atoms with van der Waals surface area (Å²) in [5.41, 5.74) is -2.54. The third-order valence-electron chi connectivity index (χ3n) is 3.64. The Kier molecular flexibility index (Phi) is 6.17. The van der Waals surface area contributed by atoms with Gasteiger partial charge in [0.15, 0.2) is 20.3 Å². The van der Waals surface area contributed by atoms with Gasteiger partial charge >= 0.3 is 34.6 Å². The average Bonchev–Trinajstić information content (AvgIpc) is 3.29. The fraction of sp³-hybridized carbons (Fsp3) is 0.250. The summed E-state index contributed by atoms with van der Waals surface area (Å²) >= 11 is 0. The van der Waals surface area contributed by atoms with E-state index in [0.29, 0.717) is 14.1 Å². The highest BCUT2D eigenvalue weighted by molar-refractivity contribution is 5.69. The van der Waals surface area contributed by atoms with E-state index in [-0.39, 0.29) is 19.6 Å². The molecule has 0 atom stereocenters. The first kappa shape index (κ1) is 24.3. The van der Waals surface area contributed by atoms with E-state index in [2.05, 4.69) is 20.6 Å². The maximum absolute atomic E-state index is 11.4. The fourth-order valence-corrected chi connectivity index (χ4v) is 2.27. The summed E-state index contributed by atoms with van der Waals surface area (Å²) in [6.45, 7) is 0. The molecule has 0 unspecified atom stereocenters. The average molecular weight is 490 g/mol. The lowest BCUT2D eigenvalue weighted by molar-refractivity contribution is -0.493. The van der Waals surface area contributed by atoms with Crippen molar-refractivity contribution in [2.45, 2.75) is 0 Å². The molecule has 0 amide bonds. The highest BCUT2D eigenvalue weighted by atomic mass is 16.7. The second kappa shape index (κ2) is 8.64. The molecular weight excluding hydrogens is 484 g/mol. The van der Waals surface area contributed by atoms with Gasteiger partial charge in [-0.05, 0) is 19.7 Å². The molecule has 0 fully saturated rings. The zero-order valence-electron chi connectivity index (χ0n) is 16.2. The first-order valence-electron chi connectivity index (χ1n) is 7.72. The number of hydrogen-bond donors (Lipinski definition) is 0. The van der Waals surface area contributed by atoms with E-state index >= 15 is 0 Å². The quantitative estimate of drug-likeness (QED) is 0.233. The molecule has 2 aromatic heterocycles. The van der Waals surface area contributed by atoms with Crippen LogP contribution < -0.4 is 10.0 Å². The van der Waals surface area contributed by atoms with E-state index in [1.54, 1.807) is 0 Å². The summed E-state index contributed by atoms with van der Waals surface area (Å²) in [4.78, 5) is 61.0. The largest absolute Gasteiger partial charge is 0.453 e. The minimum Gasteiger partial charge on any atom is -0.358 e. The highest BCUT2D eigenvalue weighted by Gasteiger charge is 2.47. The van der Waals surface area contributed by atoms with Crippen LogP contribution in [-0.2, 0) is 0 Å². The molecule has 0 N–H and O–H groups in total. The zero-order chi connectivity index (χ0) is 26.1. The Balaban J connectivity index is 2.82. The van der Waals surface area contributed by atoms with Crippen LogP contribution in [-0.4, -0.2) is 63.6 Å². The van der Waals surface area contributed by atoms with Crippen molar-refractivity contribution in [1.82, 2.24) is 19.8 Å². The molecule has 0 radical (unpaired) electrons. The van der Waals surface area contributed by atoms with Gasteiger partial charge in [0.05, 0.1) is 14.1 Å². The molecule has 2 rings (SSSR count). The van der Waals surface area contributed by atoms with Crippen molar-refractivity contribution in [3.05, 3.63) is 60.7 Å². The van der Waals surface area contributed by atoms with Crippen LogP contribution in [0.2, 0.25) is 0 Å². The molecule has 0 bridgehead atoms. The Morgan fingerprint density at radius 3 is 1.12 bits per heavy atom. The lowest BCUT2D eigenvalue weighted by Gasteiger charge is -2.04. The van der Waals surface area contributed by atoms with Crippen molar-refractivity contribution in [3.63, 3.8) is 0 Å². The van der Waals surface area contributed by atoms with Gasteiger partial charge in [-0.1, -0.05) is 10.0 Å². The topological polar surface area (TPSA) is 326 Å². The van der Waals surface area contributed by atoms with Crippen molar-refractivity contribution in [1.29, 1.82) is 0 Å². The first-order valence-corrected chi connectivity index (χ1v) is 7.72. The van der Waals surface area contributed by atoms with Crippen molar-refractivity contribution in [2.24, 2.45) is 10.4 Å². The maximum Gasteiger partial charge on any atom is 0.453 e. The van der Waals surface area contributed by atoms with Crippen LogP contribution in [0.1, 0.15) is 0 Å². The van der Waals surface area contributed by atoms with E-state index in [1.165, 1.54) is 0 Å². The maximum atomic E-state index is 11.4. The van der Waals surface area contributed by atoms with Gasteiger partial charge in [-0.15, -0.1) is 0 Å². The summed E-state index contributed by atoms with van der Waals surface area (Å²) in [5.74, 6) is -5.89. The normalized spacial score (nSPS) is 10.8. The van der Waals surface area contributed by atoms with Gasteiger partial charge in [-0.3, -0.25) is 0 Å². The SMILES string of the molecule is CN(c1c([N+](=O)[O-])nn(/N=N/n2nc([N+](=O)[O-])c(N(C)[N+](=O)[O-])c2[N+](=O)[O-])c1[N+](=O)[O-])[N+](=O)[O-]. The van der Waals surface area contributed by atoms with E-state index in [9.17, 15) is 60.7 Å². The lowest BCUT2D eigenvalue weighted by atomic mass is 10.4. The van der Waals surface area contributed by atoms with Crippen LogP contribution in [0.15, 0.2) is 10.4 Å². The molecule has 0 aliphatic rings. The number of rotatable bonds is 10. The van der Waals surface area contributed by atoms with E-state index in [1.807, 2.05) is 0 Å². The Bertz CT molecular complexity index is 1180. The fourth-order valence-electron chi connectivity index (χ4n) is 2.27. The van der Waals surface area contributed by atoms with Crippen LogP contribution in [0.3, 0.4) is 0 Å². The van der Waals surface area contributed by atoms with Crippen LogP contribution in [0.4, 0.5) is 34.6 Å². The Morgan fingerprint density at radius 1 is 0.618 bits per heavy atom. The van der Waals surface area contributed by atoms with Gasteiger partial charge in [0.2, 0.25) is 0 Å². The molecule has 0 aliphatic carbocycles. The zero-order valence-corrected chi connectivity index (χ0v) is 16.2. The molecule has 180 valence electrons. The molecule has 34 heavy (non-hydrogen) atoms. The predicted octanol–water partition coefficient (Wildman–Crippen LogP) is -0.353.